The van der Waals surface area contributed by atoms with Crippen molar-refractivity contribution >= 4 is 17.7 Å². The highest BCUT2D eigenvalue weighted by atomic mass is 16.6. The molecule has 1 aromatic carbocycles. The zero-order valence-corrected chi connectivity index (χ0v) is 14.6. The predicted octanol–water partition coefficient (Wildman–Crippen LogP) is 3.43. The summed E-state index contributed by atoms with van der Waals surface area (Å²) in [5, 5.41) is 20.2. The van der Waals surface area contributed by atoms with Crippen molar-refractivity contribution in [3.05, 3.63) is 69.5 Å². The summed E-state index contributed by atoms with van der Waals surface area (Å²) < 4.78 is 10.5. The second-order valence-corrected chi connectivity index (χ2v) is 5.31. The highest BCUT2D eigenvalue weighted by Crippen LogP contribution is 2.27. The molecule has 8 heteroatoms. The predicted molar refractivity (Wildman–Crippen MR) is 96.5 cm³/mol. The lowest BCUT2D eigenvalue weighted by molar-refractivity contribution is -0.385. The number of carbonyl (C=O) groups excluding carboxylic acids is 1. The third-order valence-corrected chi connectivity index (χ3v) is 3.45. The number of nitrogens with zero attached hydrogens (tertiary/aromatic N) is 3. The van der Waals surface area contributed by atoms with Gasteiger partial charge in [-0.1, -0.05) is 6.07 Å². The van der Waals surface area contributed by atoms with Gasteiger partial charge in [-0.15, -0.1) is 0 Å². The normalized spacial score (nSPS) is 10.7. The minimum Gasteiger partial charge on any atom is -0.487 e. The Morgan fingerprint density at radius 3 is 2.81 bits per heavy atom. The summed E-state index contributed by atoms with van der Waals surface area (Å²) in [6.45, 7) is 1.96. The van der Waals surface area contributed by atoms with E-state index in [-0.39, 0.29) is 36.5 Å². The first kappa shape index (κ1) is 19.6. The number of pyridine rings is 1. The van der Waals surface area contributed by atoms with Crippen LogP contribution in [0.5, 0.6) is 5.75 Å². The number of hydrogen-bond acceptors (Lipinski definition) is 7. The first-order valence-corrected chi connectivity index (χ1v) is 8.11. The fraction of sp³-hybridized carbons (Fsp3) is 0.211. The number of esters is 1. The molecule has 0 saturated heterocycles. The van der Waals surface area contributed by atoms with Crippen molar-refractivity contribution in [2.75, 3.05) is 6.61 Å². The number of nitro benzene ring substituents is 1. The quantitative estimate of drug-likeness (QED) is 0.304. The van der Waals surface area contributed by atoms with Gasteiger partial charge in [-0.3, -0.25) is 15.1 Å². The molecule has 0 aliphatic heterocycles. The first-order chi connectivity index (χ1) is 13.0. The Morgan fingerprint density at radius 2 is 2.19 bits per heavy atom. The third-order valence-electron chi connectivity index (χ3n) is 3.45. The zero-order chi connectivity index (χ0) is 19.6. The smallest absolute Gasteiger partial charge is 0.335 e. The molecule has 0 fully saturated rings. The molecule has 0 spiro atoms. The Labute approximate surface area is 155 Å². The van der Waals surface area contributed by atoms with Crippen molar-refractivity contribution in [2.24, 2.45) is 0 Å². The number of benzene rings is 1. The van der Waals surface area contributed by atoms with Gasteiger partial charge in [-0.25, -0.2) is 4.79 Å². The van der Waals surface area contributed by atoms with E-state index < -0.39 is 10.9 Å². The molecule has 1 aromatic heterocycles. The second-order valence-electron chi connectivity index (χ2n) is 5.31. The number of carbonyl (C=O) groups is 1. The van der Waals surface area contributed by atoms with E-state index in [2.05, 4.69) is 4.98 Å². The van der Waals surface area contributed by atoms with E-state index in [1.165, 1.54) is 24.3 Å². The Kier molecular flexibility index (Phi) is 7.02. The van der Waals surface area contributed by atoms with E-state index in [0.717, 1.165) is 0 Å². The molecular weight excluding hydrogens is 350 g/mol. The van der Waals surface area contributed by atoms with E-state index in [1.807, 2.05) is 12.1 Å². The van der Waals surface area contributed by atoms with Gasteiger partial charge >= 0.3 is 5.97 Å². The maximum atomic E-state index is 12.0. The minimum absolute atomic E-state index is 0.0318. The van der Waals surface area contributed by atoms with Crippen LogP contribution in [0.25, 0.3) is 6.08 Å². The number of hydrogen-bond donors (Lipinski definition) is 0. The lowest BCUT2D eigenvalue weighted by Gasteiger charge is -2.08. The molecule has 0 unspecified atom stereocenters. The molecule has 8 nitrogen and oxygen atoms in total. The van der Waals surface area contributed by atoms with Crippen molar-refractivity contribution in [1.29, 1.82) is 5.26 Å². The molecule has 27 heavy (non-hydrogen) atoms. The van der Waals surface area contributed by atoms with Gasteiger partial charge in [-0.05, 0) is 37.3 Å². The van der Waals surface area contributed by atoms with Gasteiger partial charge in [0.1, 0.15) is 12.4 Å². The van der Waals surface area contributed by atoms with Crippen LogP contribution in [0.1, 0.15) is 24.6 Å². The van der Waals surface area contributed by atoms with Crippen LogP contribution in [-0.2, 0) is 16.1 Å². The number of rotatable bonds is 8. The topological polar surface area (TPSA) is 115 Å². The van der Waals surface area contributed by atoms with E-state index in [0.29, 0.717) is 11.4 Å². The lowest BCUT2D eigenvalue weighted by atomic mass is 10.1. The third kappa shape index (κ3) is 5.64. The lowest BCUT2D eigenvalue weighted by Crippen LogP contribution is -2.07. The van der Waals surface area contributed by atoms with Crippen molar-refractivity contribution in [3.63, 3.8) is 0 Å². The summed E-state index contributed by atoms with van der Waals surface area (Å²) in [7, 11) is 0. The Morgan fingerprint density at radius 1 is 1.37 bits per heavy atom. The maximum Gasteiger partial charge on any atom is 0.335 e. The van der Waals surface area contributed by atoms with Crippen LogP contribution in [0.4, 0.5) is 5.69 Å². The van der Waals surface area contributed by atoms with Gasteiger partial charge in [0.25, 0.3) is 5.69 Å². The van der Waals surface area contributed by atoms with Gasteiger partial charge < -0.3 is 9.47 Å². The maximum absolute atomic E-state index is 12.0. The zero-order valence-electron chi connectivity index (χ0n) is 14.6. The molecule has 0 saturated carbocycles. The second kappa shape index (κ2) is 9.68. The number of aromatic nitrogens is 1. The minimum atomic E-state index is -0.687. The van der Waals surface area contributed by atoms with Crippen molar-refractivity contribution < 1.29 is 19.2 Å². The van der Waals surface area contributed by atoms with Gasteiger partial charge in [-0.2, -0.15) is 5.26 Å². The molecule has 0 amide bonds. The highest BCUT2D eigenvalue weighted by molar-refractivity contribution is 5.94. The molecule has 1 heterocycles. The van der Waals surface area contributed by atoms with Crippen LogP contribution < -0.4 is 4.74 Å². The Hall–Kier alpha value is -3.73. The highest BCUT2D eigenvalue weighted by Gasteiger charge is 2.17. The van der Waals surface area contributed by atoms with Crippen LogP contribution in [-0.4, -0.2) is 22.5 Å². The van der Waals surface area contributed by atoms with E-state index in [4.69, 9.17) is 14.7 Å². The van der Waals surface area contributed by atoms with Crippen LogP contribution in [0.15, 0.2) is 48.2 Å². The average molecular weight is 367 g/mol. The van der Waals surface area contributed by atoms with Gasteiger partial charge in [0, 0.05) is 12.3 Å². The molecule has 0 bridgehead atoms. The molecule has 0 atom stereocenters. The average Bonchev–Trinajstić information content (AvgIpc) is 2.67. The van der Waals surface area contributed by atoms with E-state index in [9.17, 15) is 14.9 Å². The molecule has 0 radical (unpaired) electrons. The monoisotopic (exact) mass is 367 g/mol. The van der Waals surface area contributed by atoms with Crippen molar-refractivity contribution in [2.45, 2.75) is 20.0 Å². The summed E-state index contributed by atoms with van der Waals surface area (Å²) in [6.07, 6.45) is 2.69. The molecular formula is C19H17N3O5. The molecule has 2 rings (SSSR count). The number of nitriles is 1. The first-order valence-electron chi connectivity index (χ1n) is 8.11. The van der Waals surface area contributed by atoms with Crippen LogP contribution in [0.2, 0.25) is 0 Å². The van der Waals surface area contributed by atoms with Crippen molar-refractivity contribution in [1.82, 2.24) is 4.98 Å². The van der Waals surface area contributed by atoms with Crippen molar-refractivity contribution in [3.8, 4) is 11.8 Å². The largest absolute Gasteiger partial charge is 0.487 e. The Bertz CT molecular complexity index is 888. The number of ether oxygens (including phenoxy) is 2. The summed E-state index contributed by atoms with van der Waals surface area (Å²) >= 11 is 0. The van der Waals surface area contributed by atoms with Gasteiger partial charge in [0.2, 0.25) is 0 Å². The van der Waals surface area contributed by atoms with E-state index in [1.54, 1.807) is 25.3 Å². The Balaban J connectivity index is 2.33. The summed E-state index contributed by atoms with van der Waals surface area (Å²) in [5.74, 6) is -0.314. The van der Waals surface area contributed by atoms with Gasteiger partial charge in [0.15, 0.2) is 0 Å². The van der Waals surface area contributed by atoms with Crippen LogP contribution in [0.3, 0.4) is 0 Å². The summed E-state index contributed by atoms with van der Waals surface area (Å²) in [6, 6.07) is 11.4. The van der Waals surface area contributed by atoms with Gasteiger partial charge in [0.05, 0.1) is 40.9 Å². The molecule has 0 aliphatic carbocycles. The van der Waals surface area contributed by atoms with E-state index >= 15 is 0 Å². The molecule has 0 N–H and O–H groups in total. The van der Waals surface area contributed by atoms with Crippen LogP contribution >= 0.6 is 0 Å². The van der Waals surface area contributed by atoms with Crippen LogP contribution in [0, 0.1) is 21.4 Å². The fourth-order valence-electron chi connectivity index (χ4n) is 2.22. The molecule has 138 valence electrons. The summed E-state index contributed by atoms with van der Waals surface area (Å²) in [4.78, 5) is 26.8. The standard InChI is InChI=1S/C19H17N3O5/c1-2-26-19(23)14(8-9-20)11-15-12-17(6-7-18(15)22(24)25)27-13-16-5-3-4-10-21-16/h3-7,10-12H,2,8,13H2,1H3. The number of nitro groups is 1. The molecule has 2 aromatic rings. The molecule has 0 aliphatic rings. The fourth-order valence-corrected chi connectivity index (χ4v) is 2.22. The summed E-state index contributed by atoms with van der Waals surface area (Å²) in [5.41, 5.74) is 0.672. The SMILES string of the molecule is CCOC(=O)C(=Cc1cc(OCc2ccccn2)ccc1[N+](=O)[O-])CC#N.